The third kappa shape index (κ3) is 1.58. The van der Waals surface area contributed by atoms with Gasteiger partial charge in [0.25, 0.3) is 0 Å². The van der Waals surface area contributed by atoms with Crippen molar-refractivity contribution in [3.63, 3.8) is 0 Å². The lowest BCUT2D eigenvalue weighted by atomic mass is 9.80. The Morgan fingerprint density at radius 3 is 2.88 bits per heavy atom. The third-order valence-electron chi connectivity index (χ3n) is 3.98. The normalized spacial score (nSPS) is 26.5. The zero-order chi connectivity index (χ0) is 12.2. The van der Waals surface area contributed by atoms with Crippen molar-refractivity contribution in [3.8, 4) is 5.75 Å². The molecule has 0 unspecified atom stereocenters. The molecular formula is C14H16ClNO. The van der Waals surface area contributed by atoms with Gasteiger partial charge < -0.3 is 4.74 Å². The van der Waals surface area contributed by atoms with Gasteiger partial charge in [-0.2, -0.15) is 0 Å². The molecule has 1 aromatic heterocycles. The maximum absolute atomic E-state index is 6.19. The van der Waals surface area contributed by atoms with E-state index in [0.29, 0.717) is 5.15 Å². The first kappa shape index (κ1) is 11.1. The van der Waals surface area contributed by atoms with Crippen molar-refractivity contribution in [2.75, 3.05) is 6.61 Å². The quantitative estimate of drug-likeness (QED) is 0.744. The zero-order valence-corrected chi connectivity index (χ0v) is 11.0. The van der Waals surface area contributed by atoms with E-state index in [4.69, 9.17) is 16.3 Å². The molecule has 0 radical (unpaired) electrons. The molecule has 1 aliphatic heterocycles. The van der Waals surface area contributed by atoms with Crippen LogP contribution in [0.1, 0.15) is 37.9 Å². The second kappa shape index (κ2) is 3.49. The summed E-state index contributed by atoms with van der Waals surface area (Å²) in [5.41, 5.74) is 3.16. The van der Waals surface area contributed by atoms with Gasteiger partial charge in [-0.3, -0.25) is 0 Å². The first-order valence-corrected chi connectivity index (χ1v) is 6.40. The number of aromatic nitrogens is 1. The Morgan fingerprint density at radius 1 is 1.59 bits per heavy atom. The van der Waals surface area contributed by atoms with Gasteiger partial charge in [-0.1, -0.05) is 25.1 Å². The van der Waals surface area contributed by atoms with Gasteiger partial charge in [0.2, 0.25) is 0 Å². The molecule has 1 aromatic rings. The van der Waals surface area contributed by atoms with E-state index in [1.54, 1.807) is 0 Å². The van der Waals surface area contributed by atoms with Crippen molar-refractivity contribution in [1.82, 2.24) is 4.98 Å². The molecule has 2 heterocycles. The molecule has 2 aliphatic rings. The van der Waals surface area contributed by atoms with Crippen LogP contribution in [0.25, 0.3) is 5.57 Å². The number of ether oxygens (including phenoxy) is 1. The first-order chi connectivity index (χ1) is 8.02. The fourth-order valence-corrected chi connectivity index (χ4v) is 2.89. The van der Waals surface area contributed by atoms with E-state index in [9.17, 15) is 0 Å². The van der Waals surface area contributed by atoms with Gasteiger partial charge in [-0.05, 0) is 37.3 Å². The van der Waals surface area contributed by atoms with Crippen molar-refractivity contribution in [3.05, 3.63) is 29.1 Å². The van der Waals surface area contributed by atoms with Crippen molar-refractivity contribution in [2.24, 2.45) is 5.92 Å². The summed E-state index contributed by atoms with van der Waals surface area (Å²) in [6, 6.07) is 2.11. The molecule has 0 N–H and O–H groups in total. The van der Waals surface area contributed by atoms with Crippen LogP contribution in [0.5, 0.6) is 5.75 Å². The molecule has 90 valence electrons. The van der Waals surface area contributed by atoms with E-state index in [1.807, 2.05) is 6.92 Å². The molecule has 17 heavy (non-hydrogen) atoms. The number of hydrogen-bond donors (Lipinski definition) is 0. The minimum atomic E-state index is 0.117. The Bertz CT molecular complexity index is 507. The fraction of sp³-hybridized carbons (Fsp3) is 0.500. The third-order valence-corrected chi connectivity index (χ3v) is 4.24. The molecule has 0 spiro atoms. The number of halogens is 1. The molecule has 0 saturated heterocycles. The molecule has 0 bridgehead atoms. The lowest BCUT2D eigenvalue weighted by Gasteiger charge is -2.22. The molecular weight excluding hydrogens is 234 g/mol. The van der Waals surface area contributed by atoms with Gasteiger partial charge in [0.05, 0.1) is 12.3 Å². The first-order valence-electron chi connectivity index (χ1n) is 6.02. The highest BCUT2D eigenvalue weighted by molar-refractivity contribution is 6.31. The molecule has 2 nitrogen and oxygen atoms in total. The van der Waals surface area contributed by atoms with E-state index in [-0.39, 0.29) is 5.41 Å². The van der Waals surface area contributed by atoms with Gasteiger partial charge in [-0.15, -0.1) is 0 Å². The van der Waals surface area contributed by atoms with Crippen LogP contribution >= 0.6 is 11.6 Å². The highest BCUT2D eigenvalue weighted by Gasteiger charge is 2.49. The van der Waals surface area contributed by atoms with Crippen LogP contribution in [-0.4, -0.2) is 11.6 Å². The number of rotatable bonds is 2. The summed E-state index contributed by atoms with van der Waals surface area (Å²) in [4.78, 5) is 4.33. The maximum atomic E-state index is 6.19. The Balaban J connectivity index is 2.16. The van der Waals surface area contributed by atoms with Crippen LogP contribution in [0, 0.1) is 5.92 Å². The van der Waals surface area contributed by atoms with E-state index >= 15 is 0 Å². The van der Waals surface area contributed by atoms with Crippen LogP contribution in [0.15, 0.2) is 12.6 Å². The van der Waals surface area contributed by atoms with Crippen LogP contribution in [0.4, 0.5) is 0 Å². The summed E-state index contributed by atoms with van der Waals surface area (Å²) in [5, 5.41) is 0.477. The number of allylic oxidation sites excluding steroid dienone is 1. The van der Waals surface area contributed by atoms with E-state index in [0.717, 1.165) is 29.5 Å². The predicted octanol–water partition coefficient (Wildman–Crippen LogP) is 3.83. The average Bonchev–Trinajstić information content (AvgIpc) is 3.06. The summed E-state index contributed by atoms with van der Waals surface area (Å²) < 4.78 is 5.76. The zero-order valence-electron chi connectivity index (χ0n) is 10.2. The Morgan fingerprint density at radius 2 is 2.29 bits per heavy atom. The molecule has 1 aliphatic carbocycles. The Hall–Kier alpha value is -1.02. The molecule has 1 fully saturated rings. The van der Waals surface area contributed by atoms with Gasteiger partial charge in [0.1, 0.15) is 0 Å². The van der Waals surface area contributed by atoms with Crippen molar-refractivity contribution >= 4 is 17.2 Å². The summed E-state index contributed by atoms with van der Waals surface area (Å²) in [6.45, 7) is 8.89. The minimum absolute atomic E-state index is 0.117. The largest absolute Gasteiger partial charge is 0.489 e. The second-order valence-electron chi connectivity index (χ2n) is 5.44. The monoisotopic (exact) mass is 249 g/mol. The molecule has 0 aromatic carbocycles. The molecule has 3 rings (SSSR count). The van der Waals surface area contributed by atoms with Crippen molar-refractivity contribution in [2.45, 2.75) is 32.1 Å². The van der Waals surface area contributed by atoms with Crippen LogP contribution in [0.3, 0.4) is 0 Å². The van der Waals surface area contributed by atoms with E-state index in [2.05, 4.69) is 24.6 Å². The smallest absolute Gasteiger partial charge is 0.171 e. The molecule has 0 amide bonds. The number of pyridine rings is 1. The number of fused-ring (bicyclic) bond motifs is 1. The van der Waals surface area contributed by atoms with Crippen LogP contribution in [-0.2, 0) is 5.41 Å². The molecule has 1 atom stereocenters. The minimum Gasteiger partial charge on any atom is -0.489 e. The summed E-state index contributed by atoms with van der Waals surface area (Å²) in [6.07, 6.45) is 2.59. The number of hydrogen-bond acceptors (Lipinski definition) is 2. The lowest BCUT2D eigenvalue weighted by molar-refractivity contribution is 0.257. The molecule has 1 saturated carbocycles. The number of nitrogens with zero attached hydrogens (tertiary/aromatic N) is 1. The maximum Gasteiger partial charge on any atom is 0.171 e. The van der Waals surface area contributed by atoms with Crippen LogP contribution in [0.2, 0.25) is 5.15 Å². The highest BCUT2D eigenvalue weighted by Crippen LogP contribution is 2.54. The Labute approximate surface area is 107 Å². The van der Waals surface area contributed by atoms with Gasteiger partial charge >= 0.3 is 0 Å². The van der Waals surface area contributed by atoms with Crippen molar-refractivity contribution < 1.29 is 4.74 Å². The standard InChI is InChI=1S/C14H16ClNO/c1-8(2)11-6-10-12(13(15)16-11)17-7-14(10,3)9-4-5-9/h6,9H,1,4-5,7H2,2-3H3/t14-/m1/s1. The van der Waals surface area contributed by atoms with E-state index in [1.165, 1.54) is 18.4 Å². The SMILES string of the molecule is C=C(C)c1cc2c(c(Cl)n1)OC[C@]2(C)C1CC1. The Kier molecular flexibility index (Phi) is 2.27. The summed E-state index contributed by atoms with van der Waals surface area (Å²) in [5.74, 6) is 1.52. The van der Waals surface area contributed by atoms with Gasteiger partial charge in [0.15, 0.2) is 10.9 Å². The predicted molar refractivity (Wildman–Crippen MR) is 69.5 cm³/mol. The highest BCUT2D eigenvalue weighted by atomic mass is 35.5. The summed E-state index contributed by atoms with van der Waals surface area (Å²) >= 11 is 6.19. The van der Waals surface area contributed by atoms with E-state index < -0.39 is 0 Å². The topological polar surface area (TPSA) is 22.1 Å². The van der Waals surface area contributed by atoms with Gasteiger partial charge in [-0.25, -0.2) is 4.98 Å². The second-order valence-corrected chi connectivity index (χ2v) is 5.79. The van der Waals surface area contributed by atoms with Crippen LogP contribution < -0.4 is 4.74 Å². The summed E-state index contributed by atoms with van der Waals surface area (Å²) in [7, 11) is 0. The van der Waals surface area contributed by atoms with Crippen molar-refractivity contribution in [1.29, 1.82) is 0 Å². The average molecular weight is 250 g/mol. The lowest BCUT2D eigenvalue weighted by Crippen LogP contribution is -2.26. The fourth-order valence-electron chi connectivity index (χ4n) is 2.64. The molecule has 3 heteroatoms. The van der Waals surface area contributed by atoms with Gasteiger partial charge in [0, 0.05) is 11.0 Å².